The van der Waals surface area contributed by atoms with Gasteiger partial charge in [-0.2, -0.15) is 0 Å². The van der Waals surface area contributed by atoms with E-state index in [9.17, 15) is 8.78 Å². The van der Waals surface area contributed by atoms with E-state index < -0.39 is 5.92 Å². The fourth-order valence-corrected chi connectivity index (χ4v) is 3.37. The van der Waals surface area contributed by atoms with E-state index in [0.29, 0.717) is 5.92 Å². The van der Waals surface area contributed by atoms with Crippen LogP contribution in [0.2, 0.25) is 0 Å². The van der Waals surface area contributed by atoms with Crippen LogP contribution in [0.3, 0.4) is 0 Å². The third-order valence-electron chi connectivity index (χ3n) is 4.76. The standard InChI is InChI=1S/C19H25F2N/c1-12(2)16-8-13-6-7-14(18(3,4)5)9-17(13)22(16)15-10-19(20,21)11-15/h6-9,12,15H,10-11H2,1-5H3. The largest absolute Gasteiger partial charge is 0.341 e. The van der Waals surface area contributed by atoms with Crippen LogP contribution in [0.1, 0.15) is 70.7 Å². The molecule has 1 aromatic carbocycles. The molecular weight excluding hydrogens is 280 g/mol. The van der Waals surface area contributed by atoms with Gasteiger partial charge >= 0.3 is 0 Å². The van der Waals surface area contributed by atoms with Gasteiger partial charge in [0.15, 0.2) is 0 Å². The lowest BCUT2D eigenvalue weighted by Gasteiger charge is -2.38. The number of halogens is 2. The van der Waals surface area contributed by atoms with Gasteiger partial charge in [0.1, 0.15) is 0 Å². The Morgan fingerprint density at radius 1 is 1.14 bits per heavy atom. The Labute approximate surface area is 131 Å². The van der Waals surface area contributed by atoms with Gasteiger partial charge in [0.25, 0.3) is 5.92 Å². The van der Waals surface area contributed by atoms with E-state index in [-0.39, 0.29) is 24.3 Å². The van der Waals surface area contributed by atoms with Crippen LogP contribution in [0.5, 0.6) is 0 Å². The van der Waals surface area contributed by atoms with Crippen molar-refractivity contribution in [2.75, 3.05) is 0 Å². The van der Waals surface area contributed by atoms with Gasteiger partial charge < -0.3 is 4.57 Å². The van der Waals surface area contributed by atoms with Gasteiger partial charge in [-0.15, -0.1) is 0 Å². The fraction of sp³-hybridized carbons (Fsp3) is 0.579. The zero-order chi connectivity index (χ0) is 16.3. The van der Waals surface area contributed by atoms with E-state index in [1.807, 2.05) is 0 Å². The maximum absolute atomic E-state index is 13.4. The molecule has 0 aliphatic heterocycles. The van der Waals surface area contributed by atoms with Crippen molar-refractivity contribution in [3.05, 3.63) is 35.5 Å². The molecule has 2 aromatic rings. The summed E-state index contributed by atoms with van der Waals surface area (Å²) in [5.41, 5.74) is 3.59. The quantitative estimate of drug-likeness (QED) is 0.638. The molecular formula is C19H25F2N. The molecule has 1 saturated carbocycles. The van der Waals surface area contributed by atoms with Crippen molar-refractivity contribution >= 4 is 10.9 Å². The number of alkyl halides is 2. The topological polar surface area (TPSA) is 4.93 Å². The second-order valence-corrected chi connectivity index (χ2v) is 8.04. The van der Waals surface area contributed by atoms with E-state index in [0.717, 1.165) is 10.9 Å². The highest BCUT2D eigenvalue weighted by molar-refractivity contribution is 5.83. The number of fused-ring (bicyclic) bond motifs is 1. The zero-order valence-corrected chi connectivity index (χ0v) is 14.1. The maximum Gasteiger partial charge on any atom is 0.252 e. The predicted octanol–water partition coefficient (Wildman–Crippen LogP) is 6.03. The summed E-state index contributed by atoms with van der Waals surface area (Å²) >= 11 is 0. The summed E-state index contributed by atoms with van der Waals surface area (Å²) in [6.07, 6.45) is -0.0630. The van der Waals surface area contributed by atoms with Gasteiger partial charge in [-0.25, -0.2) is 8.78 Å². The lowest BCUT2D eigenvalue weighted by Crippen LogP contribution is -2.37. The SMILES string of the molecule is CC(C)c1cc2ccc(C(C)(C)C)cc2n1C1CC(F)(F)C1. The first-order chi connectivity index (χ1) is 10.1. The van der Waals surface area contributed by atoms with E-state index in [1.165, 1.54) is 11.3 Å². The highest BCUT2D eigenvalue weighted by Crippen LogP contribution is 2.48. The molecule has 0 amide bonds. The second-order valence-electron chi connectivity index (χ2n) is 8.04. The van der Waals surface area contributed by atoms with Gasteiger partial charge in [-0.1, -0.05) is 46.8 Å². The Morgan fingerprint density at radius 3 is 2.27 bits per heavy atom. The van der Waals surface area contributed by atoms with Crippen molar-refractivity contribution in [2.45, 2.75) is 70.8 Å². The fourth-order valence-electron chi connectivity index (χ4n) is 3.37. The number of rotatable bonds is 2. The van der Waals surface area contributed by atoms with Gasteiger partial charge in [-0.3, -0.25) is 0 Å². The van der Waals surface area contributed by atoms with Gasteiger partial charge in [-0.05, 0) is 34.4 Å². The lowest BCUT2D eigenvalue weighted by atomic mass is 9.86. The van der Waals surface area contributed by atoms with Crippen LogP contribution in [0.4, 0.5) is 8.78 Å². The molecule has 0 spiro atoms. The molecule has 0 unspecified atom stereocenters. The van der Waals surface area contributed by atoms with Crippen molar-refractivity contribution in [1.82, 2.24) is 4.57 Å². The highest BCUT2D eigenvalue weighted by atomic mass is 19.3. The van der Waals surface area contributed by atoms with Crippen LogP contribution in [-0.2, 0) is 5.41 Å². The number of hydrogen-bond donors (Lipinski definition) is 0. The molecule has 0 atom stereocenters. The van der Waals surface area contributed by atoms with Crippen molar-refractivity contribution < 1.29 is 8.78 Å². The van der Waals surface area contributed by atoms with E-state index in [1.54, 1.807) is 0 Å². The first kappa shape index (κ1) is 15.5. The molecule has 1 fully saturated rings. The molecule has 1 nitrogen and oxygen atoms in total. The normalized spacial score (nSPS) is 18.9. The van der Waals surface area contributed by atoms with Crippen LogP contribution in [-0.4, -0.2) is 10.5 Å². The zero-order valence-electron chi connectivity index (χ0n) is 14.1. The Bertz CT molecular complexity index is 696. The molecule has 0 saturated heterocycles. The molecule has 0 radical (unpaired) electrons. The van der Waals surface area contributed by atoms with E-state index in [2.05, 4.69) is 63.5 Å². The van der Waals surface area contributed by atoms with E-state index >= 15 is 0 Å². The van der Waals surface area contributed by atoms with Crippen molar-refractivity contribution in [3.8, 4) is 0 Å². The molecule has 22 heavy (non-hydrogen) atoms. The third kappa shape index (κ3) is 2.55. The van der Waals surface area contributed by atoms with Gasteiger partial charge in [0.2, 0.25) is 0 Å². The van der Waals surface area contributed by atoms with Crippen LogP contribution >= 0.6 is 0 Å². The van der Waals surface area contributed by atoms with Crippen LogP contribution in [0.25, 0.3) is 10.9 Å². The summed E-state index contributed by atoms with van der Waals surface area (Å²) < 4.78 is 28.9. The first-order valence-corrected chi connectivity index (χ1v) is 8.12. The minimum Gasteiger partial charge on any atom is -0.341 e. The molecule has 1 aliphatic carbocycles. The minimum absolute atomic E-state index is 0.0315. The second kappa shape index (κ2) is 4.81. The predicted molar refractivity (Wildman–Crippen MR) is 87.9 cm³/mol. The molecule has 3 rings (SSSR count). The van der Waals surface area contributed by atoms with Gasteiger partial charge in [0, 0.05) is 30.1 Å². The van der Waals surface area contributed by atoms with Crippen molar-refractivity contribution in [3.63, 3.8) is 0 Å². The molecule has 3 heteroatoms. The Morgan fingerprint density at radius 2 is 1.77 bits per heavy atom. The summed E-state index contributed by atoms with van der Waals surface area (Å²) in [6, 6.07) is 8.59. The monoisotopic (exact) mass is 305 g/mol. The Kier molecular flexibility index (Phi) is 3.39. The molecule has 1 heterocycles. The highest BCUT2D eigenvalue weighted by Gasteiger charge is 2.47. The Hall–Kier alpha value is -1.38. The summed E-state index contributed by atoms with van der Waals surface area (Å²) in [6.45, 7) is 10.8. The number of aromatic nitrogens is 1. The molecule has 1 aliphatic rings. The molecule has 1 aromatic heterocycles. The van der Waals surface area contributed by atoms with Crippen LogP contribution in [0.15, 0.2) is 24.3 Å². The molecule has 0 N–H and O–H groups in total. The summed E-state index contributed by atoms with van der Waals surface area (Å²) in [5, 5.41) is 1.16. The smallest absolute Gasteiger partial charge is 0.252 e. The number of benzene rings is 1. The average Bonchev–Trinajstić information content (AvgIpc) is 2.72. The Balaban J connectivity index is 2.15. The van der Waals surface area contributed by atoms with Crippen LogP contribution < -0.4 is 0 Å². The number of hydrogen-bond acceptors (Lipinski definition) is 0. The maximum atomic E-state index is 13.4. The summed E-state index contributed by atoms with van der Waals surface area (Å²) in [7, 11) is 0. The third-order valence-corrected chi connectivity index (χ3v) is 4.76. The summed E-state index contributed by atoms with van der Waals surface area (Å²) in [5.74, 6) is -2.16. The minimum atomic E-state index is -2.49. The van der Waals surface area contributed by atoms with Crippen LogP contribution in [0, 0.1) is 0 Å². The van der Waals surface area contributed by atoms with E-state index in [4.69, 9.17) is 0 Å². The molecule has 120 valence electrons. The summed E-state index contributed by atoms with van der Waals surface area (Å²) in [4.78, 5) is 0. The van der Waals surface area contributed by atoms with Crippen molar-refractivity contribution in [2.24, 2.45) is 0 Å². The lowest BCUT2D eigenvalue weighted by molar-refractivity contribution is -0.103. The number of nitrogens with zero attached hydrogens (tertiary/aromatic N) is 1. The van der Waals surface area contributed by atoms with Crippen molar-refractivity contribution in [1.29, 1.82) is 0 Å². The average molecular weight is 305 g/mol. The molecule has 0 bridgehead atoms. The first-order valence-electron chi connectivity index (χ1n) is 8.12. The van der Waals surface area contributed by atoms with Gasteiger partial charge in [0.05, 0.1) is 0 Å².